The first-order valence-corrected chi connectivity index (χ1v) is 6.62. The molecule has 102 valence electrons. The van der Waals surface area contributed by atoms with Gasteiger partial charge in [0.25, 0.3) is 0 Å². The Labute approximate surface area is 112 Å². The zero-order chi connectivity index (χ0) is 13.8. The number of aromatic nitrogens is 1. The maximum Gasteiger partial charge on any atom is 0.338 e. The molecule has 0 unspecified atom stereocenters. The fourth-order valence-electron chi connectivity index (χ4n) is 2.27. The average Bonchev–Trinajstić information content (AvgIpc) is 2.71. The standard InChI is InChI=1S/C15H19NO3/c1-3-4-5-9-19-12-8-6-7-11-14(12)13(15(17)18)10(2)16-11/h6-8,16H,3-5,9H2,1-2H3,(H,17,18). The van der Waals surface area contributed by atoms with Crippen LogP contribution in [0.25, 0.3) is 10.9 Å². The fraction of sp³-hybridized carbons (Fsp3) is 0.400. The summed E-state index contributed by atoms with van der Waals surface area (Å²) in [5.41, 5.74) is 1.77. The second-order valence-corrected chi connectivity index (χ2v) is 4.66. The summed E-state index contributed by atoms with van der Waals surface area (Å²) in [4.78, 5) is 14.4. The third-order valence-corrected chi connectivity index (χ3v) is 3.19. The maximum atomic E-state index is 11.3. The molecule has 0 fully saturated rings. The molecule has 2 aromatic rings. The van der Waals surface area contributed by atoms with Crippen molar-refractivity contribution < 1.29 is 14.6 Å². The van der Waals surface area contributed by atoms with Crippen LogP contribution in [-0.4, -0.2) is 22.7 Å². The Morgan fingerprint density at radius 3 is 2.84 bits per heavy atom. The van der Waals surface area contributed by atoms with Crippen molar-refractivity contribution in [3.63, 3.8) is 0 Å². The van der Waals surface area contributed by atoms with Gasteiger partial charge >= 0.3 is 5.97 Å². The highest BCUT2D eigenvalue weighted by molar-refractivity contribution is 6.07. The van der Waals surface area contributed by atoms with Crippen LogP contribution in [0.15, 0.2) is 18.2 Å². The Hall–Kier alpha value is -1.97. The lowest BCUT2D eigenvalue weighted by molar-refractivity contribution is 0.0698. The quantitative estimate of drug-likeness (QED) is 0.778. The van der Waals surface area contributed by atoms with E-state index < -0.39 is 5.97 Å². The molecule has 1 aromatic heterocycles. The smallest absolute Gasteiger partial charge is 0.338 e. The number of hydrogen-bond donors (Lipinski definition) is 2. The molecule has 0 aliphatic rings. The zero-order valence-corrected chi connectivity index (χ0v) is 11.3. The minimum atomic E-state index is -0.923. The molecule has 19 heavy (non-hydrogen) atoms. The summed E-state index contributed by atoms with van der Waals surface area (Å²) in [5, 5.41) is 9.98. The molecule has 2 N–H and O–H groups in total. The highest BCUT2D eigenvalue weighted by Crippen LogP contribution is 2.31. The molecule has 1 aromatic carbocycles. The van der Waals surface area contributed by atoms with Crippen molar-refractivity contribution in [2.75, 3.05) is 6.61 Å². The van der Waals surface area contributed by atoms with Crippen LogP contribution in [0.4, 0.5) is 0 Å². The van der Waals surface area contributed by atoms with Crippen LogP contribution in [0.3, 0.4) is 0 Å². The lowest BCUT2D eigenvalue weighted by atomic mass is 10.1. The SMILES string of the molecule is CCCCCOc1cccc2[nH]c(C)c(C(=O)O)c12. The first kappa shape index (κ1) is 13.5. The van der Waals surface area contributed by atoms with Crippen LogP contribution >= 0.6 is 0 Å². The second kappa shape index (κ2) is 5.78. The van der Waals surface area contributed by atoms with Crippen LogP contribution in [0.1, 0.15) is 42.2 Å². The van der Waals surface area contributed by atoms with Crippen LogP contribution in [0, 0.1) is 6.92 Å². The van der Waals surface area contributed by atoms with E-state index in [9.17, 15) is 9.90 Å². The molecule has 0 bridgehead atoms. The van der Waals surface area contributed by atoms with Gasteiger partial charge < -0.3 is 14.8 Å². The van der Waals surface area contributed by atoms with Gasteiger partial charge in [-0.1, -0.05) is 25.8 Å². The summed E-state index contributed by atoms with van der Waals surface area (Å²) < 4.78 is 5.74. The minimum Gasteiger partial charge on any atom is -0.493 e. The van der Waals surface area contributed by atoms with Crippen molar-refractivity contribution in [1.29, 1.82) is 0 Å². The number of nitrogens with one attached hydrogen (secondary N) is 1. The summed E-state index contributed by atoms with van der Waals surface area (Å²) in [6.45, 7) is 4.53. The molecule has 0 atom stereocenters. The molecule has 0 aliphatic carbocycles. The molecule has 0 radical (unpaired) electrons. The van der Waals surface area contributed by atoms with Gasteiger partial charge in [0, 0.05) is 5.69 Å². The van der Waals surface area contributed by atoms with Gasteiger partial charge in [0.05, 0.1) is 23.1 Å². The summed E-state index contributed by atoms with van der Waals surface area (Å²) in [5.74, 6) is -0.274. The first-order valence-electron chi connectivity index (χ1n) is 6.62. The minimum absolute atomic E-state index is 0.307. The number of carboxylic acids is 1. The van der Waals surface area contributed by atoms with Crippen LogP contribution in [-0.2, 0) is 0 Å². The molecule has 0 aliphatic heterocycles. The molecule has 0 saturated carbocycles. The number of rotatable bonds is 6. The van der Waals surface area contributed by atoms with E-state index in [1.165, 1.54) is 0 Å². The van der Waals surface area contributed by atoms with Crippen molar-refractivity contribution in [2.45, 2.75) is 33.1 Å². The van der Waals surface area contributed by atoms with Crippen molar-refractivity contribution in [3.8, 4) is 5.75 Å². The lowest BCUT2D eigenvalue weighted by Crippen LogP contribution is -2.01. The Morgan fingerprint density at radius 1 is 1.37 bits per heavy atom. The number of hydrogen-bond acceptors (Lipinski definition) is 2. The largest absolute Gasteiger partial charge is 0.493 e. The summed E-state index contributed by atoms with van der Waals surface area (Å²) in [6.07, 6.45) is 3.24. The predicted molar refractivity (Wildman–Crippen MR) is 75.0 cm³/mol. The van der Waals surface area contributed by atoms with Gasteiger partial charge in [-0.3, -0.25) is 0 Å². The Bertz CT molecular complexity index is 586. The summed E-state index contributed by atoms with van der Waals surface area (Å²) >= 11 is 0. The number of fused-ring (bicyclic) bond motifs is 1. The molecular formula is C15H19NO3. The van der Waals surface area contributed by atoms with E-state index in [0.29, 0.717) is 29.0 Å². The van der Waals surface area contributed by atoms with E-state index in [0.717, 1.165) is 24.8 Å². The van der Waals surface area contributed by atoms with Gasteiger partial charge in [-0.2, -0.15) is 0 Å². The number of ether oxygens (including phenoxy) is 1. The molecule has 0 saturated heterocycles. The normalized spacial score (nSPS) is 10.8. The highest BCUT2D eigenvalue weighted by Gasteiger charge is 2.18. The van der Waals surface area contributed by atoms with Crippen molar-refractivity contribution in [2.24, 2.45) is 0 Å². The fourth-order valence-corrected chi connectivity index (χ4v) is 2.27. The van der Waals surface area contributed by atoms with E-state index >= 15 is 0 Å². The monoisotopic (exact) mass is 261 g/mol. The molecule has 0 amide bonds. The summed E-state index contributed by atoms with van der Waals surface area (Å²) in [7, 11) is 0. The summed E-state index contributed by atoms with van der Waals surface area (Å²) in [6, 6.07) is 5.57. The van der Waals surface area contributed by atoms with Gasteiger partial charge in [0.2, 0.25) is 0 Å². The van der Waals surface area contributed by atoms with Crippen LogP contribution < -0.4 is 4.74 Å². The Balaban J connectivity index is 2.35. The Morgan fingerprint density at radius 2 is 2.16 bits per heavy atom. The average molecular weight is 261 g/mol. The number of H-pyrrole nitrogens is 1. The van der Waals surface area contributed by atoms with Gasteiger partial charge in [-0.25, -0.2) is 4.79 Å². The van der Waals surface area contributed by atoms with Crippen molar-refractivity contribution in [1.82, 2.24) is 4.98 Å². The molecule has 2 rings (SSSR count). The van der Waals surface area contributed by atoms with Crippen LogP contribution in [0.5, 0.6) is 5.75 Å². The highest BCUT2D eigenvalue weighted by atomic mass is 16.5. The van der Waals surface area contributed by atoms with E-state index in [-0.39, 0.29) is 0 Å². The molecule has 0 spiro atoms. The van der Waals surface area contributed by atoms with Gasteiger partial charge in [-0.15, -0.1) is 0 Å². The second-order valence-electron chi connectivity index (χ2n) is 4.66. The Kier molecular flexibility index (Phi) is 4.10. The van der Waals surface area contributed by atoms with E-state index in [1.54, 1.807) is 6.92 Å². The predicted octanol–water partition coefficient (Wildman–Crippen LogP) is 3.74. The van der Waals surface area contributed by atoms with Gasteiger partial charge in [0.1, 0.15) is 5.75 Å². The topological polar surface area (TPSA) is 62.3 Å². The van der Waals surface area contributed by atoms with Gasteiger partial charge in [-0.05, 0) is 25.5 Å². The zero-order valence-electron chi connectivity index (χ0n) is 11.3. The lowest BCUT2D eigenvalue weighted by Gasteiger charge is -2.07. The van der Waals surface area contributed by atoms with Gasteiger partial charge in [0.15, 0.2) is 0 Å². The molecular weight excluding hydrogens is 242 g/mol. The third-order valence-electron chi connectivity index (χ3n) is 3.19. The third kappa shape index (κ3) is 2.72. The number of aryl methyl sites for hydroxylation is 1. The number of carbonyl (C=O) groups is 1. The van der Waals surface area contributed by atoms with E-state index in [1.807, 2.05) is 18.2 Å². The molecule has 4 heteroatoms. The number of aromatic carboxylic acids is 1. The van der Waals surface area contributed by atoms with Crippen molar-refractivity contribution in [3.05, 3.63) is 29.5 Å². The maximum absolute atomic E-state index is 11.3. The molecule has 1 heterocycles. The van der Waals surface area contributed by atoms with E-state index in [2.05, 4.69) is 11.9 Å². The number of aromatic amines is 1. The number of benzene rings is 1. The number of carboxylic acid groups (broad SMARTS) is 1. The number of unbranched alkanes of at least 4 members (excludes halogenated alkanes) is 2. The van der Waals surface area contributed by atoms with Crippen molar-refractivity contribution >= 4 is 16.9 Å². The van der Waals surface area contributed by atoms with E-state index in [4.69, 9.17) is 4.74 Å². The first-order chi connectivity index (χ1) is 9.15. The van der Waals surface area contributed by atoms with Crippen LogP contribution in [0.2, 0.25) is 0 Å². The molecule has 4 nitrogen and oxygen atoms in total.